The van der Waals surface area contributed by atoms with E-state index in [0.717, 1.165) is 40.6 Å². The Morgan fingerprint density at radius 2 is 1.39 bits per heavy atom. The molecular formula is C56H43BN2OS. The molecule has 0 fully saturated rings. The van der Waals surface area contributed by atoms with Crippen LogP contribution in [0.15, 0.2) is 144 Å². The second-order valence-electron chi connectivity index (χ2n) is 19.1. The fourth-order valence-electron chi connectivity index (χ4n) is 11.0. The molecule has 292 valence electrons. The lowest BCUT2D eigenvalue weighted by Gasteiger charge is -2.27. The third-order valence-corrected chi connectivity index (χ3v) is 15.2. The molecule has 0 unspecified atom stereocenters. The van der Waals surface area contributed by atoms with E-state index >= 15 is 0 Å². The second kappa shape index (κ2) is 12.1. The van der Waals surface area contributed by atoms with Crippen molar-refractivity contribution >= 4 is 105 Å². The largest absolute Gasteiger partial charge is 0.456 e. The van der Waals surface area contributed by atoms with E-state index < -0.39 is 0 Å². The first-order valence-electron chi connectivity index (χ1n) is 21.5. The number of thiophene rings is 1. The molecule has 0 radical (unpaired) electrons. The third-order valence-electron chi connectivity index (χ3n) is 14.1. The minimum Gasteiger partial charge on any atom is -0.456 e. The van der Waals surface area contributed by atoms with Crippen LogP contribution in [-0.2, 0) is 10.8 Å². The van der Waals surface area contributed by atoms with E-state index in [1.165, 1.54) is 103 Å². The van der Waals surface area contributed by atoms with Crippen LogP contribution in [0.2, 0.25) is 0 Å². The van der Waals surface area contributed by atoms with E-state index in [0.29, 0.717) is 0 Å². The number of benzene rings is 8. The zero-order valence-corrected chi connectivity index (χ0v) is 36.1. The molecule has 1 aliphatic carbocycles. The molecule has 8 aromatic carbocycles. The van der Waals surface area contributed by atoms with E-state index in [1.807, 2.05) is 11.3 Å². The molecule has 61 heavy (non-hydrogen) atoms. The normalized spacial score (nSPS) is 14.0. The maximum absolute atomic E-state index is 6.56. The highest BCUT2D eigenvalue weighted by Crippen LogP contribution is 2.52. The van der Waals surface area contributed by atoms with Crippen molar-refractivity contribution in [2.45, 2.75) is 52.4 Å². The first-order chi connectivity index (χ1) is 29.5. The summed E-state index contributed by atoms with van der Waals surface area (Å²) in [6, 6.07) is 52.5. The minimum absolute atomic E-state index is 0.0768. The molecule has 2 aliphatic rings. The average molecular weight is 803 g/mol. The summed E-state index contributed by atoms with van der Waals surface area (Å²) in [4.78, 5) is 0. The average Bonchev–Trinajstić information content (AvgIpc) is 3.97. The van der Waals surface area contributed by atoms with Gasteiger partial charge in [-0.1, -0.05) is 125 Å². The fourth-order valence-corrected chi connectivity index (χ4v) is 12.1. The van der Waals surface area contributed by atoms with E-state index in [2.05, 4.69) is 191 Å². The molecule has 0 saturated carbocycles. The number of hydrogen-bond donors (Lipinski definition) is 1. The Kier molecular flexibility index (Phi) is 6.96. The third kappa shape index (κ3) is 4.87. The highest BCUT2D eigenvalue weighted by Gasteiger charge is 2.37. The summed E-state index contributed by atoms with van der Waals surface area (Å²) in [6.45, 7) is 13.9. The van der Waals surface area contributed by atoms with Crippen molar-refractivity contribution in [2.75, 3.05) is 5.32 Å². The fraction of sp³-hybridized carbons (Fsp3) is 0.143. The van der Waals surface area contributed by atoms with Crippen LogP contribution >= 0.6 is 11.3 Å². The summed E-state index contributed by atoms with van der Waals surface area (Å²) >= 11 is 1.90. The lowest BCUT2D eigenvalue weighted by atomic mass is 9.58. The Morgan fingerprint density at radius 1 is 0.623 bits per heavy atom. The molecule has 3 nitrogen and oxygen atoms in total. The van der Waals surface area contributed by atoms with Gasteiger partial charge in [0.05, 0.1) is 5.52 Å². The first-order valence-corrected chi connectivity index (χ1v) is 22.4. The molecule has 13 rings (SSSR count). The molecule has 1 N–H and O–H groups in total. The van der Waals surface area contributed by atoms with Crippen LogP contribution in [-0.4, -0.2) is 11.8 Å². The predicted molar refractivity (Wildman–Crippen MR) is 264 cm³/mol. The molecule has 0 bridgehead atoms. The van der Waals surface area contributed by atoms with Crippen LogP contribution in [0.1, 0.15) is 56.9 Å². The molecular weight excluding hydrogens is 760 g/mol. The van der Waals surface area contributed by atoms with Gasteiger partial charge in [-0.05, 0) is 117 Å². The Bertz CT molecular complexity index is 3720. The van der Waals surface area contributed by atoms with Crippen LogP contribution in [0.3, 0.4) is 0 Å². The van der Waals surface area contributed by atoms with E-state index in [9.17, 15) is 0 Å². The SMILES string of the molecule is Cc1cc(-c2cc3c(cc2Nc2ccc(C(C)(C)C)cc2)-c2ccccc2C3(C)C)c2c3c1c1cc4oc5ccccc5c4cc1n3-c1cc3sc4ccccc4c3cc1B2. The van der Waals surface area contributed by atoms with Crippen molar-refractivity contribution in [3.05, 3.63) is 162 Å². The van der Waals surface area contributed by atoms with Gasteiger partial charge in [0.25, 0.3) is 0 Å². The quantitative estimate of drug-likeness (QED) is 0.180. The van der Waals surface area contributed by atoms with Crippen molar-refractivity contribution < 1.29 is 4.42 Å². The number of nitrogens with zero attached hydrogens (tertiary/aromatic N) is 1. The van der Waals surface area contributed by atoms with Crippen LogP contribution in [0.5, 0.6) is 0 Å². The molecule has 5 heteroatoms. The van der Waals surface area contributed by atoms with Gasteiger partial charge in [0.2, 0.25) is 0 Å². The van der Waals surface area contributed by atoms with Crippen molar-refractivity contribution in [2.24, 2.45) is 0 Å². The van der Waals surface area contributed by atoms with Gasteiger partial charge in [0.1, 0.15) is 11.2 Å². The maximum Gasteiger partial charge on any atom is 0.198 e. The minimum atomic E-state index is -0.145. The molecule has 1 aliphatic heterocycles. The molecule has 0 saturated heterocycles. The molecule has 3 aromatic heterocycles. The number of hydrogen-bond acceptors (Lipinski definition) is 3. The summed E-state index contributed by atoms with van der Waals surface area (Å²) in [7, 11) is 0.831. The van der Waals surface area contributed by atoms with E-state index in [1.54, 1.807) is 0 Å². The Labute approximate surface area is 359 Å². The molecule has 11 aromatic rings. The first kappa shape index (κ1) is 35.2. The van der Waals surface area contributed by atoms with Crippen molar-refractivity contribution in [3.8, 4) is 27.9 Å². The van der Waals surface area contributed by atoms with Gasteiger partial charge >= 0.3 is 0 Å². The summed E-state index contributed by atoms with van der Waals surface area (Å²) in [5.74, 6) is 0. The number of fused-ring (bicyclic) bond motifs is 14. The topological polar surface area (TPSA) is 30.1 Å². The Morgan fingerprint density at radius 3 is 2.23 bits per heavy atom. The zero-order valence-electron chi connectivity index (χ0n) is 35.2. The molecule has 0 atom stereocenters. The maximum atomic E-state index is 6.56. The number of anilines is 2. The number of nitrogens with one attached hydrogen (secondary N) is 1. The summed E-state index contributed by atoms with van der Waals surface area (Å²) < 4.78 is 11.8. The monoisotopic (exact) mass is 802 g/mol. The van der Waals surface area contributed by atoms with Gasteiger partial charge in [0.15, 0.2) is 7.28 Å². The lowest BCUT2D eigenvalue weighted by molar-refractivity contribution is 0.590. The zero-order chi connectivity index (χ0) is 41.1. The summed E-state index contributed by atoms with van der Waals surface area (Å²) in [5, 5.41) is 11.5. The van der Waals surface area contributed by atoms with Crippen LogP contribution in [0.25, 0.3) is 91.9 Å². The number of furan rings is 1. The smallest absolute Gasteiger partial charge is 0.198 e. The lowest BCUT2D eigenvalue weighted by Crippen LogP contribution is -2.37. The number of rotatable bonds is 3. The van der Waals surface area contributed by atoms with Crippen molar-refractivity contribution in [3.63, 3.8) is 0 Å². The van der Waals surface area contributed by atoms with Gasteiger partial charge < -0.3 is 14.3 Å². The van der Waals surface area contributed by atoms with Crippen LogP contribution in [0, 0.1) is 6.92 Å². The summed E-state index contributed by atoms with van der Waals surface area (Å²) in [5.41, 5.74) is 21.0. The molecule has 0 amide bonds. The van der Waals surface area contributed by atoms with Crippen molar-refractivity contribution in [1.82, 2.24) is 4.57 Å². The highest BCUT2D eigenvalue weighted by molar-refractivity contribution is 7.25. The van der Waals surface area contributed by atoms with Gasteiger partial charge in [-0.15, -0.1) is 11.3 Å². The second-order valence-corrected chi connectivity index (χ2v) is 20.1. The van der Waals surface area contributed by atoms with E-state index in [-0.39, 0.29) is 10.8 Å². The van der Waals surface area contributed by atoms with Crippen molar-refractivity contribution in [1.29, 1.82) is 0 Å². The van der Waals surface area contributed by atoms with Gasteiger partial charge in [-0.3, -0.25) is 0 Å². The number of aromatic nitrogens is 1. The summed E-state index contributed by atoms with van der Waals surface area (Å²) in [6.07, 6.45) is 0. The molecule has 4 heterocycles. The standard InChI is InChI=1S/C56H43BN2OS/c1-30-23-40(37-24-43-36(33-13-7-10-16-42(33)56(43,5)6)26-45(37)58-32-21-19-31(20-22-32)55(2,3)4)53-54-52(30)41-28-49-38(34-14-8-11-17-48(34)60-49)27-46(41)59(54)47-29-51-39(25-44(47)57-53)35-15-9-12-18-50(35)61-51/h7-29,57-58H,1-6H3. The van der Waals surface area contributed by atoms with Gasteiger partial charge in [-0.2, -0.15) is 0 Å². The van der Waals surface area contributed by atoms with Gasteiger partial charge in [0, 0.05) is 69.9 Å². The highest BCUT2D eigenvalue weighted by atomic mass is 32.1. The van der Waals surface area contributed by atoms with Gasteiger partial charge in [-0.25, -0.2) is 0 Å². The predicted octanol–water partition coefficient (Wildman–Crippen LogP) is 14.1. The van der Waals surface area contributed by atoms with Crippen LogP contribution < -0.4 is 16.2 Å². The number of para-hydroxylation sites is 1. The Balaban J connectivity index is 1.13. The number of aryl methyl sites for hydroxylation is 1. The van der Waals surface area contributed by atoms with Crippen LogP contribution in [0.4, 0.5) is 11.4 Å². The molecule has 0 spiro atoms. The van der Waals surface area contributed by atoms with E-state index in [4.69, 9.17) is 4.42 Å². The Hall–Kier alpha value is -6.56.